The molecule has 0 aliphatic rings. The predicted molar refractivity (Wildman–Crippen MR) is 115 cm³/mol. The number of benzene rings is 2. The number of aliphatic imine (C=N–C) groups is 1. The Labute approximate surface area is 183 Å². The van der Waals surface area contributed by atoms with Gasteiger partial charge in [0.15, 0.2) is 9.84 Å². The molecule has 1 aromatic heterocycles. The number of sulfone groups is 1. The molecule has 0 aliphatic heterocycles. The Balaban J connectivity index is 2.09. The van der Waals surface area contributed by atoms with Crippen molar-refractivity contribution in [2.75, 3.05) is 13.4 Å². The third kappa shape index (κ3) is 5.36. The van der Waals surface area contributed by atoms with Crippen LogP contribution in [-0.4, -0.2) is 43.6 Å². The summed E-state index contributed by atoms with van der Waals surface area (Å²) in [6.07, 6.45) is 2.32. The summed E-state index contributed by atoms with van der Waals surface area (Å²) >= 11 is 6.17. The number of allylic oxidation sites excluding steroid dienone is 1. The van der Waals surface area contributed by atoms with E-state index in [1.807, 2.05) is 0 Å². The second-order valence-corrected chi connectivity index (χ2v) is 8.69. The minimum Gasteiger partial charge on any atom is -0.464 e. The number of nitrogens with two attached hydrogens (primary N) is 1. The van der Waals surface area contributed by atoms with Crippen LogP contribution in [-0.2, 0) is 19.4 Å². The van der Waals surface area contributed by atoms with Gasteiger partial charge in [-0.25, -0.2) is 18.2 Å². The predicted octanol–water partition coefficient (Wildman–Crippen LogP) is 2.93. The van der Waals surface area contributed by atoms with Crippen LogP contribution < -0.4 is 5.73 Å². The van der Waals surface area contributed by atoms with Gasteiger partial charge in [0.25, 0.3) is 5.89 Å². The van der Waals surface area contributed by atoms with Gasteiger partial charge in [-0.1, -0.05) is 41.0 Å². The van der Waals surface area contributed by atoms with E-state index in [-0.39, 0.29) is 28.0 Å². The summed E-state index contributed by atoms with van der Waals surface area (Å²) in [6.45, 7) is 0. The third-order valence-corrected chi connectivity index (χ3v) is 5.40. The van der Waals surface area contributed by atoms with Crippen molar-refractivity contribution in [3.05, 3.63) is 71.2 Å². The fourth-order valence-electron chi connectivity index (χ4n) is 2.45. The fourth-order valence-corrected chi connectivity index (χ4v) is 3.29. The second-order valence-electron chi connectivity index (χ2n) is 6.26. The molecule has 1 heterocycles. The highest BCUT2D eigenvalue weighted by Gasteiger charge is 2.17. The van der Waals surface area contributed by atoms with Gasteiger partial charge in [0.1, 0.15) is 11.4 Å². The van der Waals surface area contributed by atoms with Crippen molar-refractivity contribution in [2.24, 2.45) is 10.7 Å². The lowest BCUT2D eigenvalue weighted by Crippen LogP contribution is -2.15. The van der Waals surface area contributed by atoms with E-state index in [1.54, 1.807) is 36.4 Å². The summed E-state index contributed by atoms with van der Waals surface area (Å²) in [5, 5.41) is 4.24. The number of methoxy groups -OCH3 is 1. The number of hydrogen-bond acceptors (Lipinski definition) is 9. The van der Waals surface area contributed by atoms with Crippen molar-refractivity contribution in [3.8, 4) is 11.4 Å². The van der Waals surface area contributed by atoms with Crippen molar-refractivity contribution in [2.45, 2.75) is 4.90 Å². The Morgan fingerprint density at radius 3 is 2.65 bits per heavy atom. The van der Waals surface area contributed by atoms with Crippen LogP contribution in [0.3, 0.4) is 0 Å². The first-order valence-electron chi connectivity index (χ1n) is 8.72. The number of nitrogens with zero attached hydrogens (tertiary/aromatic N) is 3. The minimum atomic E-state index is -3.42. The van der Waals surface area contributed by atoms with Gasteiger partial charge in [-0.2, -0.15) is 4.98 Å². The van der Waals surface area contributed by atoms with Crippen molar-refractivity contribution in [3.63, 3.8) is 0 Å². The lowest BCUT2D eigenvalue weighted by Gasteiger charge is -2.02. The maximum absolute atomic E-state index is 11.8. The summed E-state index contributed by atoms with van der Waals surface area (Å²) in [6, 6.07) is 12.8. The number of hydrogen-bond donors (Lipinski definition) is 1. The average molecular weight is 461 g/mol. The highest BCUT2D eigenvalue weighted by Crippen LogP contribution is 2.26. The number of aromatic nitrogens is 2. The normalized spacial score (nSPS) is 12.6. The van der Waals surface area contributed by atoms with Gasteiger partial charge < -0.3 is 15.0 Å². The van der Waals surface area contributed by atoms with E-state index >= 15 is 0 Å². The first-order chi connectivity index (χ1) is 14.7. The maximum Gasteiger partial charge on any atom is 0.353 e. The van der Waals surface area contributed by atoms with Gasteiger partial charge >= 0.3 is 5.97 Å². The summed E-state index contributed by atoms with van der Waals surface area (Å²) in [4.78, 5) is 20.5. The first kappa shape index (κ1) is 22.2. The van der Waals surface area contributed by atoms with Crippen molar-refractivity contribution in [1.29, 1.82) is 0 Å². The van der Waals surface area contributed by atoms with Crippen LogP contribution >= 0.6 is 11.6 Å². The van der Waals surface area contributed by atoms with E-state index in [2.05, 4.69) is 19.9 Å². The van der Waals surface area contributed by atoms with Crippen LogP contribution in [0.4, 0.5) is 5.69 Å². The van der Waals surface area contributed by atoms with Crippen LogP contribution in [0.1, 0.15) is 5.89 Å². The minimum absolute atomic E-state index is 0.0634. The van der Waals surface area contributed by atoms with Gasteiger partial charge in [-0.05, 0) is 30.3 Å². The summed E-state index contributed by atoms with van der Waals surface area (Å²) in [5.74, 6) is -0.712. The molecule has 0 atom stereocenters. The van der Waals surface area contributed by atoms with Gasteiger partial charge in [0.05, 0.1) is 22.7 Å². The highest BCUT2D eigenvalue weighted by molar-refractivity contribution is 7.90. The molecule has 0 spiro atoms. The van der Waals surface area contributed by atoms with E-state index < -0.39 is 15.8 Å². The SMILES string of the molecule is COC(=O)C(N)=CC(=Nc1ccccc1Cl)c1nc(-c2cccc(S(C)(=O)=O)c2)no1. The Bertz CT molecular complexity index is 1300. The monoisotopic (exact) mass is 460 g/mol. The molecule has 0 bridgehead atoms. The number of carbonyl (C=O) groups is 1. The third-order valence-electron chi connectivity index (χ3n) is 3.97. The maximum atomic E-state index is 11.8. The molecule has 3 aromatic rings. The average Bonchev–Trinajstić information content (AvgIpc) is 3.24. The Kier molecular flexibility index (Phi) is 6.52. The van der Waals surface area contributed by atoms with Crippen LogP contribution in [0.2, 0.25) is 5.02 Å². The summed E-state index contributed by atoms with van der Waals surface area (Å²) in [7, 11) is -2.23. The van der Waals surface area contributed by atoms with Gasteiger partial charge in [0, 0.05) is 11.8 Å². The zero-order valence-electron chi connectivity index (χ0n) is 16.4. The van der Waals surface area contributed by atoms with Crippen LogP contribution in [0, 0.1) is 0 Å². The van der Waals surface area contributed by atoms with E-state index in [4.69, 9.17) is 21.9 Å². The molecule has 0 fully saturated rings. The molecule has 0 saturated carbocycles. The number of para-hydroxylation sites is 1. The standard InChI is InChI=1S/C20H17ClN4O5S/c1-29-20(26)15(22)11-17(23-16-9-4-3-8-14(16)21)19-24-18(25-30-19)12-6-5-7-13(10-12)31(2,27)28/h3-11H,22H2,1-2H3. The molecule has 11 heteroatoms. The molecule has 0 saturated heterocycles. The molecular weight excluding hydrogens is 444 g/mol. The fraction of sp³-hybridized carbons (Fsp3) is 0.100. The van der Waals surface area contributed by atoms with E-state index in [0.29, 0.717) is 16.3 Å². The molecule has 0 amide bonds. The number of halogens is 1. The molecule has 2 N–H and O–H groups in total. The van der Waals surface area contributed by atoms with Gasteiger partial charge in [-0.3, -0.25) is 0 Å². The second kappa shape index (κ2) is 9.11. The molecule has 160 valence electrons. The van der Waals surface area contributed by atoms with Crippen molar-refractivity contribution < 1.29 is 22.5 Å². The number of rotatable bonds is 6. The van der Waals surface area contributed by atoms with E-state index in [9.17, 15) is 13.2 Å². The molecule has 9 nitrogen and oxygen atoms in total. The number of ether oxygens (including phenoxy) is 1. The van der Waals surface area contributed by atoms with Crippen LogP contribution in [0.5, 0.6) is 0 Å². The lowest BCUT2D eigenvalue weighted by atomic mass is 10.2. The Hall–Kier alpha value is -3.50. The van der Waals surface area contributed by atoms with Crippen molar-refractivity contribution >= 4 is 38.8 Å². The zero-order chi connectivity index (χ0) is 22.6. The largest absolute Gasteiger partial charge is 0.464 e. The highest BCUT2D eigenvalue weighted by atomic mass is 35.5. The molecule has 31 heavy (non-hydrogen) atoms. The van der Waals surface area contributed by atoms with Gasteiger partial charge in [-0.15, -0.1) is 0 Å². The summed E-state index contributed by atoms with van der Waals surface area (Å²) < 4.78 is 33.5. The molecular formula is C20H17ClN4O5S. The molecule has 0 aliphatic carbocycles. The van der Waals surface area contributed by atoms with Gasteiger partial charge in [0.2, 0.25) is 5.82 Å². The first-order valence-corrected chi connectivity index (χ1v) is 11.0. The van der Waals surface area contributed by atoms with E-state index in [0.717, 1.165) is 6.26 Å². The number of carbonyl (C=O) groups excluding carboxylic acids is 1. The molecule has 0 unspecified atom stereocenters. The van der Waals surface area contributed by atoms with E-state index in [1.165, 1.54) is 25.3 Å². The molecule has 2 aromatic carbocycles. The van der Waals surface area contributed by atoms with Crippen molar-refractivity contribution in [1.82, 2.24) is 10.1 Å². The quantitative estimate of drug-likeness (QED) is 0.336. The molecule has 3 rings (SSSR count). The Morgan fingerprint density at radius 2 is 1.97 bits per heavy atom. The lowest BCUT2D eigenvalue weighted by molar-refractivity contribution is -0.136. The Morgan fingerprint density at radius 1 is 1.23 bits per heavy atom. The van der Waals surface area contributed by atoms with Crippen LogP contribution in [0.15, 0.2) is 74.7 Å². The summed E-state index contributed by atoms with van der Waals surface area (Å²) in [5.41, 5.74) is 6.38. The topological polar surface area (TPSA) is 138 Å². The van der Waals surface area contributed by atoms with Crippen LogP contribution in [0.25, 0.3) is 11.4 Å². The zero-order valence-corrected chi connectivity index (χ0v) is 18.0. The smallest absolute Gasteiger partial charge is 0.353 e. The molecule has 0 radical (unpaired) electrons. The number of esters is 1.